The summed E-state index contributed by atoms with van der Waals surface area (Å²) in [7, 11) is 0. The molecule has 0 radical (unpaired) electrons. The molecule has 0 bridgehead atoms. The van der Waals surface area contributed by atoms with Gasteiger partial charge in [-0.25, -0.2) is 9.97 Å². The maximum atomic E-state index is 6.00. The summed E-state index contributed by atoms with van der Waals surface area (Å²) in [5, 5.41) is 0.448. The Balaban J connectivity index is 2.40. The zero-order chi connectivity index (χ0) is 11.4. The summed E-state index contributed by atoms with van der Waals surface area (Å²) in [5.41, 5.74) is 1.77. The highest BCUT2D eigenvalue weighted by molar-refractivity contribution is 6.32. The average molecular weight is 235 g/mol. The Morgan fingerprint density at radius 1 is 1.38 bits per heavy atom. The van der Waals surface area contributed by atoms with Crippen LogP contribution in [0.25, 0.3) is 11.1 Å². The van der Waals surface area contributed by atoms with Crippen molar-refractivity contribution >= 4 is 11.6 Å². The number of halogens is 1. The molecule has 0 aliphatic carbocycles. The zero-order valence-corrected chi connectivity index (χ0v) is 9.61. The first-order valence-corrected chi connectivity index (χ1v) is 5.38. The third-order valence-corrected chi connectivity index (χ3v) is 2.42. The molecule has 0 spiro atoms. The Bertz CT molecular complexity index is 488. The smallest absolute Gasteiger partial charge is 0.140 e. The van der Waals surface area contributed by atoms with Crippen LogP contribution in [0, 0.1) is 0 Å². The van der Waals surface area contributed by atoms with E-state index in [1.807, 2.05) is 31.2 Å². The number of ether oxygens (including phenoxy) is 1. The molecule has 2 aromatic rings. The van der Waals surface area contributed by atoms with Crippen LogP contribution in [0.4, 0.5) is 0 Å². The predicted octanol–water partition coefficient (Wildman–Crippen LogP) is 3.20. The molecule has 1 aromatic heterocycles. The third-order valence-electron chi connectivity index (χ3n) is 2.12. The first-order chi connectivity index (χ1) is 7.81. The molecule has 0 saturated carbocycles. The maximum absolute atomic E-state index is 6.00. The second-order valence-electron chi connectivity index (χ2n) is 3.19. The lowest BCUT2D eigenvalue weighted by molar-refractivity contribution is 0.340. The van der Waals surface area contributed by atoms with E-state index in [1.165, 1.54) is 6.33 Å². The molecule has 1 aromatic carbocycles. The normalized spacial score (nSPS) is 10.1. The van der Waals surface area contributed by atoms with Crippen LogP contribution in [0.3, 0.4) is 0 Å². The SMILES string of the molecule is CCOc1cccc(-c2cncnc2Cl)c1. The van der Waals surface area contributed by atoms with Gasteiger partial charge in [0.15, 0.2) is 0 Å². The van der Waals surface area contributed by atoms with E-state index in [4.69, 9.17) is 16.3 Å². The quantitative estimate of drug-likeness (QED) is 0.765. The molecule has 4 heteroatoms. The van der Waals surface area contributed by atoms with Crippen molar-refractivity contribution in [2.24, 2.45) is 0 Å². The monoisotopic (exact) mass is 234 g/mol. The molecule has 3 nitrogen and oxygen atoms in total. The molecular weight excluding hydrogens is 224 g/mol. The Labute approximate surface area is 99.1 Å². The minimum atomic E-state index is 0.448. The van der Waals surface area contributed by atoms with Gasteiger partial charge in [-0.15, -0.1) is 0 Å². The van der Waals surface area contributed by atoms with Gasteiger partial charge in [0, 0.05) is 11.8 Å². The van der Waals surface area contributed by atoms with Crippen LogP contribution in [-0.2, 0) is 0 Å². The Kier molecular flexibility index (Phi) is 3.37. The fourth-order valence-corrected chi connectivity index (χ4v) is 1.63. The van der Waals surface area contributed by atoms with Crippen LogP contribution in [-0.4, -0.2) is 16.6 Å². The van der Waals surface area contributed by atoms with Crippen molar-refractivity contribution in [2.45, 2.75) is 6.92 Å². The van der Waals surface area contributed by atoms with E-state index in [-0.39, 0.29) is 0 Å². The average Bonchev–Trinajstić information content (AvgIpc) is 2.30. The lowest BCUT2D eigenvalue weighted by Gasteiger charge is -2.06. The molecule has 0 aliphatic heterocycles. The van der Waals surface area contributed by atoms with Gasteiger partial charge in [-0.1, -0.05) is 23.7 Å². The summed E-state index contributed by atoms with van der Waals surface area (Å²) in [6.07, 6.45) is 3.12. The van der Waals surface area contributed by atoms with Crippen molar-refractivity contribution in [1.29, 1.82) is 0 Å². The van der Waals surface area contributed by atoms with Gasteiger partial charge in [-0.3, -0.25) is 0 Å². The highest BCUT2D eigenvalue weighted by Gasteiger charge is 2.05. The van der Waals surface area contributed by atoms with Gasteiger partial charge in [0.1, 0.15) is 17.2 Å². The number of rotatable bonds is 3. The second-order valence-corrected chi connectivity index (χ2v) is 3.55. The summed E-state index contributed by atoms with van der Waals surface area (Å²) in [6.45, 7) is 2.59. The van der Waals surface area contributed by atoms with Crippen molar-refractivity contribution in [3.8, 4) is 16.9 Å². The predicted molar refractivity (Wildman–Crippen MR) is 63.6 cm³/mol. The Morgan fingerprint density at radius 2 is 2.25 bits per heavy atom. The molecule has 0 N–H and O–H groups in total. The topological polar surface area (TPSA) is 35.0 Å². The third kappa shape index (κ3) is 2.31. The Hall–Kier alpha value is -1.61. The molecule has 0 unspecified atom stereocenters. The van der Waals surface area contributed by atoms with Crippen molar-refractivity contribution < 1.29 is 4.74 Å². The molecule has 16 heavy (non-hydrogen) atoms. The van der Waals surface area contributed by atoms with Crippen LogP contribution in [0.15, 0.2) is 36.8 Å². The lowest BCUT2D eigenvalue weighted by Crippen LogP contribution is -1.92. The van der Waals surface area contributed by atoms with E-state index in [0.717, 1.165) is 16.9 Å². The highest BCUT2D eigenvalue weighted by atomic mass is 35.5. The first-order valence-electron chi connectivity index (χ1n) is 5.00. The van der Waals surface area contributed by atoms with Gasteiger partial charge < -0.3 is 4.74 Å². The van der Waals surface area contributed by atoms with Gasteiger partial charge in [0.05, 0.1) is 6.61 Å². The fraction of sp³-hybridized carbons (Fsp3) is 0.167. The number of hydrogen-bond acceptors (Lipinski definition) is 3. The molecule has 0 aliphatic rings. The second kappa shape index (κ2) is 4.94. The maximum Gasteiger partial charge on any atom is 0.140 e. The van der Waals surface area contributed by atoms with Crippen LogP contribution in [0.5, 0.6) is 5.75 Å². The van der Waals surface area contributed by atoms with Gasteiger partial charge in [-0.05, 0) is 24.6 Å². The van der Waals surface area contributed by atoms with Gasteiger partial charge in [0.2, 0.25) is 0 Å². The van der Waals surface area contributed by atoms with E-state index >= 15 is 0 Å². The molecule has 0 saturated heterocycles. The number of benzene rings is 1. The van der Waals surface area contributed by atoms with Crippen molar-refractivity contribution in [3.63, 3.8) is 0 Å². The minimum Gasteiger partial charge on any atom is -0.494 e. The van der Waals surface area contributed by atoms with E-state index < -0.39 is 0 Å². The summed E-state index contributed by atoms with van der Waals surface area (Å²) in [5.74, 6) is 0.819. The van der Waals surface area contributed by atoms with E-state index in [1.54, 1.807) is 6.20 Å². The summed E-state index contributed by atoms with van der Waals surface area (Å²) in [6, 6.07) is 7.70. The zero-order valence-electron chi connectivity index (χ0n) is 8.85. The first kappa shape index (κ1) is 10.9. The van der Waals surface area contributed by atoms with Gasteiger partial charge in [-0.2, -0.15) is 0 Å². The molecule has 1 heterocycles. The van der Waals surface area contributed by atoms with Crippen LogP contribution >= 0.6 is 11.6 Å². The summed E-state index contributed by atoms with van der Waals surface area (Å²) < 4.78 is 5.42. The van der Waals surface area contributed by atoms with E-state index in [9.17, 15) is 0 Å². The Morgan fingerprint density at radius 3 is 3.00 bits per heavy atom. The van der Waals surface area contributed by atoms with Gasteiger partial charge >= 0.3 is 0 Å². The van der Waals surface area contributed by atoms with Crippen LogP contribution < -0.4 is 4.74 Å². The minimum absolute atomic E-state index is 0.448. The van der Waals surface area contributed by atoms with Crippen molar-refractivity contribution in [3.05, 3.63) is 41.9 Å². The van der Waals surface area contributed by atoms with Gasteiger partial charge in [0.25, 0.3) is 0 Å². The van der Waals surface area contributed by atoms with Crippen LogP contribution in [0.1, 0.15) is 6.92 Å². The molecule has 0 atom stereocenters. The van der Waals surface area contributed by atoms with E-state index in [0.29, 0.717) is 11.8 Å². The lowest BCUT2D eigenvalue weighted by atomic mass is 10.1. The molecule has 82 valence electrons. The number of nitrogens with zero attached hydrogens (tertiary/aromatic N) is 2. The van der Waals surface area contributed by atoms with Crippen molar-refractivity contribution in [1.82, 2.24) is 9.97 Å². The summed E-state index contributed by atoms with van der Waals surface area (Å²) in [4.78, 5) is 7.91. The number of aromatic nitrogens is 2. The summed E-state index contributed by atoms with van der Waals surface area (Å²) >= 11 is 6.00. The molecule has 0 fully saturated rings. The number of hydrogen-bond donors (Lipinski definition) is 0. The molecular formula is C12H11ClN2O. The van der Waals surface area contributed by atoms with Crippen LogP contribution in [0.2, 0.25) is 5.15 Å². The fourth-order valence-electron chi connectivity index (χ4n) is 1.43. The molecule has 0 amide bonds. The standard InChI is InChI=1S/C12H11ClN2O/c1-2-16-10-5-3-4-9(6-10)11-7-14-8-15-12(11)13/h3-8H,2H2,1H3. The largest absolute Gasteiger partial charge is 0.494 e. The van der Waals surface area contributed by atoms with Crippen molar-refractivity contribution in [2.75, 3.05) is 6.61 Å². The van der Waals surface area contributed by atoms with E-state index in [2.05, 4.69) is 9.97 Å². The highest BCUT2D eigenvalue weighted by Crippen LogP contribution is 2.27. The molecule has 2 rings (SSSR count).